The zero-order chi connectivity index (χ0) is 15.9. The Labute approximate surface area is 129 Å². The van der Waals surface area contributed by atoms with Gasteiger partial charge in [0.05, 0.1) is 6.54 Å². The third-order valence-electron chi connectivity index (χ3n) is 3.35. The standard InChI is InChI=1S/C17H19N3O2/c1-19(14-8-4-2-5-9-14)17(22)13-20(16(21)12-18)15-10-6-3-7-11-15/h2-11H,12-13,18H2,1H3. The smallest absolute Gasteiger partial charge is 0.246 e. The lowest BCUT2D eigenvalue weighted by Gasteiger charge is -2.25. The SMILES string of the molecule is CN(C(=O)CN(C(=O)CN)c1ccccc1)c1ccccc1. The van der Waals surface area contributed by atoms with Crippen LogP contribution < -0.4 is 15.5 Å². The van der Waals surface area contributed by atoms with E-state index in [9.17, 15) is 9.59 Å². The lowest BCUT2D eigenvalue weighted by Crippen LogP contribution is -2.44. The number of rotatable bonds is 5. The summed E-state index contributed by atoms with van der Waals surface area (Å²) in [6.45, 7) is -0.192. The number of para-hydroxylation sites is 2. The topological polar surface area (TPSA) is 66.6 Å². The van der Waals surface area contributed by atoms with Gasteiger partial charge in [0.15, 0.2) is 0 Å². The molecule has 0 aliphatic carbocycles. The average Bonchev–Trinajstić information content (AvgIpc) is 2.59. The molecule has 0 aromatic heterocycles. The maximum atomic E-state index is 12.4. The second kappa shape index (κ2) is 7.38. The molecule has 0 heterocycles. The molecule has 0 aliphatic heterocycles. The Kier molecular flexibility index (Phi) is 5.27. The van der Waals surface area contributed by atoms with Crippen molar-refractivity contribution >= 4 is 23.2 Å². The normalized spacial score (nSPS) is 10.1. The van der Waals surface area contributed by atoms with Crippen molar-refractivity contribution < 1.29 is 9.59 Å². The van der Waals surface area contributed by atoms with Crippen LogP contribution in [0, 0.1) is 0 Å². The van der Waals surface area contributed by atoms with Crippen LogP contribution in [0.3, 0.4) is 0 Å². The van der Waals surface area contributed by atoms with E-state index in [1.54, 1.807) is 19.2 Å². The molecule has 2 aromatic carbocycles. The van der Waals surface area contributed by atoms with Crippen LogP contribution in [0.1, 0.15) is 0 Å². The van der Waals surface area contributed by atoms with Crippen molar-refractivity contribution in [3.05, 3.63) is 60.7 Å². The van der Waals surface area contributed by atoms with E-state index in [0.717, 1.165) is 5.69 Å². The summed E-state index contributed by atoms with van der Waals surface area (Å²) in [5.41, 5.74) is 6.90. The molecule has 0 saturated heterocycles. The van der Waals surface area contributed by atoms with Gasteiger partial charge in [-0.25, -0.2) is 0 Å². The number of carbonyl (C=O) groups is 2. The highest BCUT2D eigenvalue weighted by atomic mass is 16.2. The monoisotopic (exact) mass is 297 g/mol. The first-order valence-corrected chi connectivity index (χ1v) is 7.00. The van der Waals surface area contributed by atoms with Gasteiger partial charge in [0.1, 0.15) is 6.54 Å². The Bertz CT molecular complexity index is 629. The van der Waals surface area contributed by atoms with Crippen LogP contribution in [0.5, 0.6) is 0 Å². The highest BCUT2D eigenvalue weighted by molar-refractivity contribution is 6.03. The molecule has 114 valence electrons. The summed E-state index contributed by atoms with van der Waals surface area (Å²) in [5, 5.41) is 0. The van der Waals surface area contributed by atoms with Crippen LogP contribution in [-0.2, 0) is 9.59 Å². The maximum absolute atomic E-state index is 12.4. The summed E-state index contributed by atoms with van der Waals surface area (Å²) >= 11 is 0. The van der Waals surface area contributed by atoms with Crippen LogP contribution in [-0.4, -0.2) is 32.0 Å². The molecule has 0 unspecified atom stereocenters. The van der Waals surface area contributed by atoms with Gasteiger partial charge >= 0.3 is 0 Å². The molecule has 2 rings (SSSR count). The Hall–Kier alpha value is -2.66. The lowest BCUT2D eigenvalue weighted by molar-refractivity contribution is -0.121. The van der Waals surface area contributed by atoms with Crippen molar-refractivity contribution in [2.75, 3.05) is 29.9 Å². The van der Waals surface area contributed by atoms with Crippen molar-refractivity contribution in [1.82, 2.24) is 0 Å². The molecule has 2 N–H and O–H groups in total. The first-order valence-electron chi connectivity index (χ1n) is 7.00. The number of nitrogens with zero attached hydrogens (tertiary/aromatic N) is 2. The third kappa shape index (κ3) is 3.71. The van der Waals surface area contributed by atoms with Gasteiger partial charge in [-0.1, -0.05) is 36.4 Å². The summed E-state index contributed by atoms with van der Waals surface area (Å²) in [6, 6.07) is 18.3. The van der Waals surface area contributed by atoms with Gasteiger partial charge in [-0.3, -0.25) is 9.59 Å². The van der Waals surface area contributed by atoms with Crippen LogP contribution in [0.2, 0.25) is 0 Å². The quantitative estimate of drug-likeness (QED) is 0.912. The molecule has 0 radical (unpaired) electrons. The van der Waals surface area contributed by atoms with Gasteiger partial charge in [-0.15, -0.1) is 0 Å². The minimum Gasteiger partial charge on any atom is -0.322 e. The van der Waals surface area contributed by atoms with Gasteiger partial charge in [-0.2, -0.15) is 0 Å². The number of carbonyl (C=O) groups excluding carboxylic acids is 2. The van der Waals surface area contributed by atoms with E-state index < -0.39 is 0 Å². The first-order chi connectivity index (χ1) is 10.6. The summed E-state index contributed by atoms with van der Waals surface area (Å²) in [6.07, 6.45) is 0. The Balaban J connectivity index is 2.17. The van der Waals surface area contributed by atoms with E-state index >= 15 is 0 Å². The zero-order valence-electron chi connectivity index (χ0n) is 12.5. The molecule has 0 atom stereocenters. The van der Waals surface area contributed by atoms with E-state index in [1.165, 1.54) is 9.80 Å². The number of benzene rings is 2. The highest BCUT2D eigenvalue weighted by Gasteiger charge is 2.20. The predicted octanol–water partition coefficient (Wildman–Crippen LogP) is 1.64. The van der Waals surface area contributed by atoms with Gasteiger partial charge in [0, 0.05) is 18.4 Å². The van der Waals surface area contributed by atoms with Gasteiger partial charge in [0.25, 0.3) is 0 Å². The Morgan fingerprint density at radius 2 is 1.36 bits per heavy atom. The van der Waals surface area contributed by atoms with E-state index in [4.69, 9.17) is 5.73 Å². The third-order valence-corrected chi connectivity index (χ3v) is 3.35. The number of amides is 2. The average molecular weight is 297 g/mol. The Morgan fingerprint density at radius 1 is 0.864 bits per heavy atom. The Morgan fingerprint density at radius 3 is 1.86 bits per heavy atom. The molecule has 5 heteroatoms. The van der Waals surface area contributed by atoms with Crippen LogP contribution in [0.4, 0.5) is 11.4 Å². The molecular weight excluding hydrogens is 278 g/mol. The molecule has 2 aromatic rings. The summed E-state index contributed by atoms with van der Waals surface area (Å²) in [5.74, 6) is -0.474. The van der Waals surface area contributed by atoms with E-state index in [0.29, 0.717) is 5.69 Å². The fourth-order valence-electron chi connectivity index (χ4n) is 2.08. The van der Waals surface area contributed by atoms with Crippen LogP contribution in [0.25, 0.3) is 0 Å². The van der Waals surface area contributed by atoms with Gasteiger partial charge < -0.3 is 15.5 Å². The fraction of sp³-hybridized carbons (Fsp3) is 0.176. The van der Waals surface area contributed by atoms with Crippen molar-refractivity contribution in [2.24, 2.45) is 5.73 Å². The largest absolute Gasteiger partial charge is 0.322 e. The fourth-order valence-corrected chi connectivity index (χ4v) is 2.08. The molecular formula is C17H19N3O2. The first kappa shape index (κ1) is 15.7. The van der Waals surface area contributed by atoms with E-state index in [-0.39, 0.29) is 24.9 Å². The molecule has 2 amide bonds. The summed E-state index contributed by atoms with van der Waals surface area (Å²) < 4.78 is 0. The van der Waals surface area contributed by atoms with E-state index in [2.05, 4.69) is 0 Å². The molecule has 0 saturated carbocycles. The summed E-state index contributed by atoms with van der Waals surface area (Å²) in [7, 11) is 1.69. The van der Waals surface area contributed by atoms with Crippen molar-refractivity contribution in [2.45, 2.75) is 0 Å². The number of nitrogens with two attached hydrogens (primary N) is 1. The minimum atomic E-state index is -0.291. The van der Waals surface area contributed by atoms with Gasteiger partial charge in [-0.05, 0) is 24.3 Å². The number of hydrogen-bond acceptors (Lipinski definition) is 3. The highest BCUT2D eigenvalue weighted by Crippen LogP contribution is 2.16. The number of likely N-dealkylation sites (N-methyl/N-ethyl adjacent to an activating group) is 1. The molecule has 0 bridgehead atoms. The lowest BCUT2D eigenvalue weighted by atomic mass is 10.2. The second-order valence-corrected chi connectivity index (χ2v) is 4.81. The number of anilines is 2. The molecule has 0 fully saturated rings. The minimum absolute atomic E-state index is 0.0502. The number of hydrogen-bond donors (Lipinski definition) is 1. The second-order valence-electron chi connectivity index (χ2n) is 4.81. The van der Waals surface area contributed by atoms with Crippen molar-refractivity contribution in [1.29, 1.82) is 0 Å². The maximum Gasteiger partial charge on any atom is 0.246 e. The predicted molar refractivity (Wildman–Crippen MR) is 87.7 cm³/mol. The van der Waals surface area contributed by atoms with Crippen molar-refractivity contribution in [3.63, 3.8) is 0 Å². The molecule has 22 heavy (non-hydrogen) atoms. The summed E-state index contributed by atoms with van der Waals surface area (Å²) in [4.78, 5) is 27.4. The molecule has 0 spiro atoms. The van der Waals surface area contributed by atoms with Crippen LogP contribution in [0.15, 0.2) is 60.7 Å². The molecule has 5 nitrogen and oxygen atoms in total. The van der Waals surface area contributed by atoms with Crippen molar-refractivity contribution in [3.8, 4) is 0 Å². The zero-order valence-corrected chi connectivity index (χ0v) is 12.5. The molecule has 0 aliphatic rings. The van der Waals surface area contributed by atoms with Gasteiger partial charge in [0.2, 0.25) is 11.8 Å². The van der Waals surface area contributed by atoms with E-state index in [1.807, 2.05) is 48.5 Å². The van der Waals surface area contributed by atoms with Crippen LogP contribution >= 0.6 is 0 Å².